The number of carboxylic acids is 1. The van der Waals surface area contributed by atoms with Crippen LogP contribution in [-0.2, 0) is 4.79 Å². The fourth-order valence-electron chi connectivity index (χ4n) is 2.65. The first-order valence-electron chi connectivity index (χ1n) is 6.82. The molecule has 3 unspecified atom stereocenters. The zero-order valence-corrected chi connectivity index (χ0v) is 11.3. The van der Waals surface area contributed by atoms with Crippen molar-refractivity contribution in [3.05, 3.63) is 0 Å². The summed E-state index contributed by atoms with van der Waals surface area (Å²) in [6.07, 6.45) is 4.48. The van der Waals surface area contributed by atoms with E-state index in [4.69, 9.17) is 0 Å². The zero-order chi connectivity index (χ0) is 12.8. The highest BCUT2D eigenvalue weighted by Crippen LogP contribution is 2.25. The van der Waals surface area contributed by atoms with E-state index in [9.17, 15) is 9.90 Å². The molecule has 0 aromatic heterocycles. The standard InChI is InChI=1S/C13H26N2O2/c1-4-8-14-12(13(16)17)9-15-10(3)6-7-11(15)5-2/h10-12,14H,4-9H2,1-3H3,(H,16,17). The van der Waals surface area contributed by atoms with Crippen LogP contribution >= 0.6 is 0 Å². The Morgan fingerprint density at radius 1 is 1.47 bits per heavy atom. The van der Waals surface area contributed by atoms with Gasteiger partial charge in [0.2, 0.25) is 0 Å². The Kier molecular flexibility index (Phi) is 5.92. The van der Waals surface area contributed by atoms with E-state index in [1.807, 2.05) is 0 Å². The predicted molar refractivity (Wildman–Crippen MR) is 69.2 cm³/mol. The minimum absolute atomic E-state index is 0.426. The van der Waals surface area contributed by atoms with Gasteiger partial charge in [0.05, 0.1) is 0 Å². The second-order valence-electron chi connectivity index (χ2n) is 5.03. The first kappa shape index (κ1) is 14.5. The molecule has 1 aliphatic rings. The van der Waals surface area contributed by atoms with Gasteiger partial charge in [0, 0.05) is 18.6 Å². The monoisotopic (exact) mass is 242 g/mol. The molecule has 17 heavy (non-hydrogen) atoms. The molecule has 3 atom stereocenters. The second kappa shape index (κ2) is 6.97. The largest absolute Gasteiger partial charge is 0.480 e. The summed E-state index contributed by atoms with van der Waals surface area (Å²) in [6, 6.07) is 0.657. The molecular formula is C13H26N2O2. The number of carboxylic acid groups (broad SMARTS) is 1. The molecule has 1 heterocycles. The van der Waals surface area contributed by atoms with Crippen LogP contribution in [0.2, 0.25) is 0 Å². The van der Waals surface area contributed by atoms with Gasteiger partial charge >= 0.3 is 5.97 Å². The van der Waals surface area contributed by atoms with Crippen LogP contribution in [0.4, 0.5) is 0 Å². The highest BCUT2D eigenvalue weighted by atomic mass is 16.4. The third-order valence-corrected chi connectivity index (χ3v) is 3.76. The van der Waals surface area contributed by atoms with Gasteiger partial charge in [-0.3, -0.25) is 9.69 Å². The van der Waals surface area contributed by atoms with E-state index in [2.05, 4.69) is 31.0 Å². The lowest BCUT2D eigenvalue weighted by atomic mass is 10.1. The summed E-state index contributed by atoms with van der Waals surface area (Å²) >= 11 is 0. The summed E-state index contributed by atoms with van der Waals surface area (Å²) < 4.78 is 0. The Labute approximate surface area is 104 Å². The third kappa shape index (κ3) is 3.96. The molecule has 0 aromatic carbocycles. The molecule has 0 saturated carbocycles. The number of rotatable bonds is 7. The van der Waals surface area contributed by atoms with Crippen LogP contribution in [0.1, 0.15) is 46.5 Å². The molecule has 0 bridgehead atoms. The molecule has 4 heteroatoms. The van der Waals surface area contributed by atoms with Crippen molar-refractivity contribution in [3.63, 3.8) is 0 Å². The van der Waals surface area contributed by atoms with Crippen molar-refractivity contribution in [2.45, 2.75) is 64.6 Å². The van der Waals surface area contributed by atoms with Gasteiger partial charge in [0.25, 0.3) is 0 Å². The molecule has 1 aliphatic heterocycles. The van der Waals surface area contributed by atoms with Gasteiger partial charge < -0.3 is 10.4 Å². The summed E-state index contributed by atoms with van der Waals surface area (Å²) in [6.45, 7) is 7.85. The van der Waals surface area contributed by atoms with E-state index in [1.165, 1.54) is 12.8 Å². The number of hydrogen-bond donors (Lipinski definition) is 2. The highest BCUT2D eigenvalue weighted by molar-refractivity contribution is 5.73. The van der Waals surface area contributed by atoms with Crippen LogP contribution in [0, 0.1) is 0 Å². The maximum atomic E-state index is 11.2. The first-order valence-corrected chi connectivity index (χ1v) is 6.82. The van der Waals surface area contributed by atoms with E-state index < -0.39 is 12.0 Å². The minimum Gasteiger partial charge on any atom is -0.480 e. The molecule has 4 nitrogen and oxygen atoms in total. The Balaban J connectivity index is 2.55. The average molecular weight is 242 g/mol. The fourth-order valence-corrected chi connectivity index (χ4v) is 2.65. The molecule has 0 aromatic rings. The number of hydrogen-bond acceptors (Lipinski definition) is 3. The molecule has 0 radical (unpaired) electrons. The van der Waals surface area contributed by atoms with Gasteiger partial charge in [-0.05, 0) is 39.2 Å². The molecule has 2 N–H and O–H groups in total. The lowest BCUT2D eigenvalue weighted by Gasteiger charge is -2.30. The van der Waals surface area contributed by atoms with Crippen LogP contribution in [0.15, 0.2) is 0 Å². The normalized spacial score (nSPS) is 27.2. The van der Waals surface area contributed by atoms with Crippen molar-refractivity contribution in [3.8, 4) is 0 Å². The molecular weight excluding hydrogens is 216 g/mol. The van der Waals surface area contributed by atoms with Crippen molar-refractivity contribution in [2.24, 2.45) is 0 Å². The number of carbonyl (C=O) groups is 1. The Hall–Kier alpha value is -0.610. The quantitative estimate of drug-likeness (QED) is 0.713. The third-order valence-electron chi connectivity index (χ3n) is 3.76. The van der Waals surface area contributed by atoms with E-state index in [0.717, 1.165) is 19.4 Å². The van der Waals surface area contributed by atoms with Crippen molar-refractivity contribution in [1.29, 1.82) is 0 Å². The first-order chi connectivity index (χ1) is 8.10. The molecule has 100 valence electrons. The van der Waals surface area contributed by atoms with Crippen LogP contribution in [0.25, 0.3) is 0 Å². The van der Waals surface area contributed by atoms with E-state index >= 15 is 0 Å². The van der Waals surface area contributed by atoms with Crippen molar-refractivity contribution in [1.82, 2.24) is 10.2 Å². The molecule has 1 fully saturated rings. The van der Waals surface area contributed by atoms with Crippen LogP contribution in [-0.4, -0.2) is 47.2 Å². The summed E-state index contributed by atoms with van der Waals surface area (Å²) in [5, 5.41) is 12.3. The van der Waals surface area contributed by atoms with Gasteiger partial charge in [-0.2, -0.15) is 0 Å². The molecule has 1 saturated heterocycles. The summed E-state index contributed by atoms with van der Waals surface area (Å²) in [5.74, 6) is -0.729. The maximum absolute atomic E-state index is 11.2. The van der Waals surface area contributed by atoms with Gasteiger partial charge in [0.1, 0.15) is 6.04 Å². The Bertz CT molecular complexity index is 246. The van der Waals surface area contributed by atoms with Crippen LogP contribution in [0.5, 0.6) is 0 Å². The summed E-state index contributed by atoms with van der Waals surface area (Å²) in [7, 11) is 0. The summed E-state index contributed by atoms with van der Waals surface area (Å²) in [4.78, 5) is 13.6. The fraction of sp³-hybridized carbons (Fsp3) is 0.923. The Morgan fingerprint density at radius 3 is 2.71 bits per heavy atom. The Morgan fingerprint density at radius 2 is 2.18 bits per heavy atom. The van der Waals surface area contributed by atoms with Crippen molar-refractivity contribution < 1.29 is 9.90 Å². The molecule has 0 aliphatic carbocycles. The lowest BCUT2D eigenvalue weighted by Crippen LogP contribution is -2.49. The number of aliphatic carboxylic acids is 1. The summed E-state index contributed by atoms with van der Waals surface area (Å²) in [5.41, 5.74) is 0. The van der Waals surface area contributed by atoms with E-state index in [1.54, 1.807) is 0 Å². The smallest absolute Gasteiger partial charge is 0.322 e. The van der Waals surface area contributed by atoms with Gasteiger partial charge in [-0.25, -0.2) is 0 Å². The van der Waals surface area contributed by atoms with Gasteiger partial charge in [0.15, 0.2) is 0 Å². The predicted octanol–water partition coefficient (Wildman–Crippen LogP) is 1.70. The molecule has 0 amide bonds. The molecule has 0 spiro atoms. The average Bonchev–Trinajstić information content (AvgIpc) is 2.65. The van der Waals surface area contributed by atoms with Gasteiger partial charge in [-0.15, -0.1) is 0 Å². The zero-order valence-electron chi connectivity index (χ0n) is 11.3. The maximum Gasteiger partial charge on any atom is 0.322 e. The van der Waals surface area contributed by atoms with Crippen molar-refractivity contribution in [2.75, 3.05) is 13.1 Å². The van der Waals surface area contributed by atoms with E-state index in [-0.39, 0.29) is 0 Å². The van der Waals surface area contributed by atoms with Crippen LogP contribution < -0.4 is 5.32 Å². The topological polar surface area (TPSA) is 52.6 Å². The lowest BCUT2D eigenvalue weighted by molar-refractivity contribution is -0.140. The van der Waals surface area contributed by atoms with E-state index in [0.29, 0.717) is 18.6 Å². The van der Waals surface area contributed by atoms with Crippen LogP contribution in [0.3, 0.4) is 0 Å². The second-order valence-corrected chi connectivity index (χ2v) is 5.03. The SMILES string of the molecule is CCCNC(CN1C(C)CCC1CC)C(=O)O. The molecule has 1 rings (SSSR count). The number of likely N-dealkylation sites (tertiary alicyclic amines) is 1. The highest BCUT2D eigenvalue weighted by Gasteiger charge is 2.32. The minimum atomic E-state index is -0.729. The number of nitrogens with zero attached hydrogens (tertiary/aromatic N) is 1. The number of nitrogens with one attached hydrogen (secondary N) is 1. The van der Waals surface area contributed by atoms with Gasteiger partial charge in [-0.1, -0.05) is 13.8 Å². The van der Waals surface area contributed by atoms with Crippen molar-refractivity contribution >= 4 is 5.97 Å².